The maximum absolute atomic E-state index is 5.72. The topological polar surface area (TPSA) is 69.0 Å². The van der Waals surface area contributed by atoms with Crippen molar-refractivity contribution in [2.45, 2.75) is 60.8 Å². The van der Waals surface area contributed by atoms with Gasteiger partial charge in [-0.2, -0.15) is 0 Å². The Kier molecular flexibility index (Phi) is 6.85. The highest BCUT2D eigenvalue weighted by atomic mass is 16.6. The maximum atomic E-state index is 5.72. The number of oxime groups is 2. The van der Waals surface area contributed by atoms with Crippen LogP contribution >= 0.6 is 0 Å². The number of rotatable bonds is 7. The molecule has 0 spiro atoms. The predicted octanol–water partition coefficient (Wildman–Crippen LogP) is 4.93. The van der Waals surface area contributed by atoms with E-state index in [-0.39, 0.29) is 5.41 Å². The summed E-state index contributed by atoms with van der Waals surface area (Å²) in [5, 5.41) is 8.67. The van der Waals surface area contributed by atoms with E-state index >= 15 is 0 Å². The minimum atomic E-state index is -0.235. The van der Waals surface area contributed by atoms with Crippen molar-refractivity contribution < 1.29 is 9.68 Å². The van der Waals surface area contributed by atoms with Crippen LogP contribution in [0.25, 0.3) is 0 Å². The van der Waals surface area contributed by atoms with Crippen molar-refractivity contribution in [3.63, 3.8) is 0 Å². The first kappa shape index (κ1) is 21.9. The molecule has 0 amide bonds. The van der Waals surface area contributed by atoms with Crippen molar-refractivity contribution in [1.29, 1.82) is 0 Å². The summed E-state index contributed by atoms with van der Waals surface area (Å²) in [6, 6.07) is 8.26. The molecule has 1 aliphatic rings. The Hall–Kier alpha value is -2.76. The Morgan fingerprint density at radius 2 is 1.77 bits per heavy atom. The molecule has 0 aromatic carbocycles. The third-order valence-electron chi connectivity index (χ3n) is 5.01. The fraction of sp³-hybridized carbons (Fsp3) is 0.500. The molecule has 0 saturated carbocycles. The van der Waals surface area contributed by atoms with Gasteiger partial charge in [-0.1, -0.05) is 30.2 Å². The summed E-state index contributed by atoms with van der Waals surface area (Å²) >= 11 is 0. The molecule has 0 aliphatic heterocycles. The molecule has 160 valence electrons. The fourth-order valence-corrected chi connectivity index (χ4v) is 3.39. The Morgan fingerprint density at radius 3 is 2.53 bits per heavy atom. The van der Waals surface area contributed by atoms with Gasteiger partial charge in [0.05, 0.1) is 11.4 Å². The highest BCUT2D eigenvalue weighted by Gasteiger charge is 2.22. The van der Waals surface area contributed by atoms with Crippen molar-refractivity contribution in [3.8, 4) is 0 Å². The van der Waals surface area contributed by atoms with E-state index in [1.54, 1.807) is 0 Å². The second-order valence-corrected chi connectivity index (χ2v) is 8.91. The number of hydrogen-bond donors (Lipinski definition) is 0. The zero-order chi connectivity index (χ0) is 21.7. The van der Waals surface area contributed by atoms with Crippen LogP contribution in [0.1, 0.15) is 67.5 Å². The molecule has 6 heteroatoms. The summed E-state index contributed by atoms with van der Waals surface area (Å²) < 4.78 is 0. The first-order valence-electron chi connectivity index (χ1n) is 10.5. The van der Waals surface area contributed by atoms with Crippen LogP contribution in [-0.2, 0) is 16.1 Å². The summed E-state index contributed by atoms with van der Waals surface area (Å²) in [7, 11) is 0. The molecule has 3 rings (SSSR count). The SMILES string of the molecule is CC(=NOCC(C)(C)CON=C1CCCc2ccc(C)nc21)c1cc(C)cc(C)n1. The van der Waals surface area contributed by atoms with Crippen LogP contribution in [0, 0.1) is 26.2 Å². The minimum absolute atomic E-state index is 0.235. The lowest BCUT2D eigenvalue weighted by Gasteiger charge is -2.22. The zero-order valence-electron chi connectivity index (χ0n) is 19.0. The lowest BCUT2D eigenvalue weighted by atomic mass is 9.94. The summed E-state index contributed by atoms with van der Waals surface area (Å²) in [5.41, 5.74) is 7.68. The number of aryl methyl sites for hydroxylation is 4. The molecule has 0 bridgehead atoms. The molecule has 0 atom stereocenters. The average molecular weight is 409 g/mol. The monoisotopic (exact) mass is 408 g/mol. The molecular weight excluding hydrogens is 376 g/mol. The first-order chi connectivity index (χ1) is 14.2. The summed E-state index contributed by atoms with van der Waals surface area (Å²) in [5.74, 6) is 0. The van der Waals surface area contributed by atoms with Gasteiger partial charge in [0.1, 0.15) is 24.6 Å². The maximum Gasteiger partial charge on any atom is 0.125 e. The van der Waals surface area contributed by atoms with Gasteiger partial charge in [-0.3, -0.25) is 9.97 Å². The predicted molar refractivity (Wildman–Crippen MR) is 120 cm³/mol. The van der Waals surface area contributed by atoms with Crippen LogP contribution in [-0.4, -0.2) is 34.6 Å². The molecular formula is C24H32N4O2. The van der Waals surface area contributed by atoms with Gasteiger partial charge in [-0.15, -0.1) is 0 Å². The highest BCUT2D eigenvalue weighted by molar-refractivity contribution is 6.00. The van der Waals surface area contributed by atoms with Gasteiger partial charge >= 0.3 is 0 Å². The molecule has 30 heavy (non-hydrogen) atoms. The highest BCUT2D eigenvalue weighted by Crippen LogP contribution is 2.22. The minimum Gasteiger partial charge on any atom is -0.395 e. The number of pyridine rings is 2. The molecule has 2 aromatic heterocycles. The van der Waals surface area contributed by atoms with Crippen LogP contribution in [0.2, 0.25) is 0 Å². The Morgan fingerprint density at radius 1 is 1.00 bits per heavy atom. The lowest BCUT2D eigenvalue weighted by Crippen LogP contribution is -2.24. The van der Waals surface area contributed by atoms with Crippen LogP contribution in [0.5, 0.6) is 0 Å². The molecule has 2 aromatic rings. The van der Waals surface area contributed by atoms with E-state index in [2.05, 4.69) is 53.2 Å². The van der Waals surface area contributed by atoms with E-state index in [9.17, 15) is 0 Å². The molecule has 0 fully saturated rings. The molecule has 0 radical (unpaired) electrons. The van der Waals surface area contributed by atoms with E-state index in [0.717, 1.165) is 59.0 Å². The van der Waals surface area contributed by atoms with Crippen molar-refractivity contribution in [3.05, 3.63) is 58.2 Å². The van der Waals surface area contributed by atoms with Crippen LogP contribution in [0.4, 0.5) is 0 Å². The quantitative estimate of drug-likeness (QED) is 0.481. The normalized spacial score (nSPS) is 15.8. The smallest absolute Gasteiger partial charge is 0.125 e. The number of nitrogens with zero attached hydrogens (tertiary/aromatic N) is 4. The largest absolute Gasteiger partial charge is 0.395 e. The Labute approximate surface area is 179 Å². The van der Waals surface area contributed by atoms with E-state index in [0.29, 0.717) is 13.2 Å². The third kappa shape index (κ3) is 5.88. The standard InChI is InChI=1S/C24H32N4O2/c1-16-12-18(3)25-22(13-16)19(4)27-29-14-24(5,6)15-30-28-21-9-7-8-20-11-10-17(2)26-23(20)21/h10-13H,7-9,14-15H2,1-6H3. The van der Waals surface area contributed by atoms with E-state index < -0.39 is 0 Å². The molecule has 0 N–H and O–H groups in total. The van der Waals surface area contributed by atoms with Crippen molar-refractivity contribution in [2.75, 3.05) is 13.2 Å². The summed E-state index contributed by atoms with van der Waals surface area (Å²) in [4.78, 5) is 20.5. The van der Waals surface area contributed by atoms with Gasteiger partial charge in [0, 0.05) is 16.8 Å². The van der Waals surface area contributed by atoms with Crippen LogP contribution < -0.4 is 0 Å². The van der Waals surface area contributed by atoms with Gasteiger partial charge in [0.2, 0.25) is 0 Å². The molecule has 6 nitrogen and oxygen atoms in total. The fourth-order valence-electron chi connectivity index (χ4n) is 3.39. The van der Waals surface area contributed by atoms with Gasteiger partial charge in [-0.25, -0.2) is 0 Å². The molecule has 0 saturated heterocycles. The van der Waals surface area contributed by atoms with Crippen molar-refractivity contribution in [1.82, 2.24) is 9.97 Å². The van der Waals surface area contributed by atoms with Gasteiger partial charge < -0.3 is 9.68 Å². The molecule has 1 aliphatic carbocycles. The van der Waals surface area contributed by atoms with Crippen LogP contribution in [0.15, 0.2) is 34.6 Å². The summed E-state index contributed by atoms with van der Waals surface area (Å²) in [6.45, 7) is 13.0. The third-order valence-corrected chi connectivity index (χ3v) is 5.01. The second-order valence-electron chi connectivity index (χ2n) is 8.91. The Balaban J connectivity index is 1.56. The zero-order valence-corrected chi connectivity index (χ0v) is 19.0. The molecule has 2 heterocycles. The average Bonchev–Trinajstić information content (AvgIpc) is 2.67. The Bertz CT molecular complexity index is 943. The van der Waals surface area contributed by atoms with Gasteiger partial charge in [0.25, 0.3) is 0 Å². The summed E-state index contributed by atoms with van der Waals surface area (Å²) in [6.07, 6.45) is 3.02. The number of hydrogen-bond acceptors (Lipinski definition) is 6. The van der Waals surface area contributed by atoms with Crippen molar-refractivity contribution >= 4 is 11.4 Å². The van der Waals surface area contributed by atoms with Gasteiger partial charge in [-0.05, 0) is 76.3 Å². The number of fused-ring (bicyclic) bond motifs is 1. The first-order valence-corrected chi connectivity index (χ1v) is 10.5. The van der Waals surface area contributed by atoms with E-state index in [1.807, 2.05) is 32.9 Å². The van der Waals surface area contributed by atoms with Crippen molar-refractivity contribution in [2.24, 2.45) is 15.7 Å². The lowest BCUT2D eigenvalue weighted by molar-refractivity contribution is -0.000159. The van der Waals surface area contributed by atoms with E-state index in [4.69, 9.17) is 9.68 Å². The second kappa shape index (κ2) is 9.37. The van der Waals surface area contributed by atoms with Crippen LogP contribution in [0.3, 0.4) is 0 Å². The number of aromatic nitrogens is 2. The van der Waals surface area contributed by atoms with Gasteiger partial charge in [0.15, 0.2) is 0 Å². The molecule has 0 unspecified atom stereocenters. The van der Waals surface area contributed by atoms with E-state index in [1.165, 1.54) is 5.56 Å².